The summed E-state index contributed by atoms with van der Waals surface area (Å²) >= 11 is 0. The Balaban J connectivity index is 1.36. The zero-order chi connectivity index (χ0) is 22.2. The molecular weight excluding hydrogens is 429 g/mol. The Hall–Kier alpha value is -2.79. The Labute approximate surface area is 177 Å². The maximum atomic E-state index is 12.3. The largest absolute Gasteiger partial charge is 0.527 e. The number of phosphoric ester groups is 1. The second-order valence-corrected chi connectivity index (χ2v) is 8.77. The second kappa shape index (κ2) is 8.39. The third-order valence-corrected chi connectivity index (χ3v) is 6.52. The summed E-state index contributed by atoms with van der Waals surface area (Å²) in [6.07, 6.45) is 0.573. The summed E-state index contributed by atoms with van der Waals surface area (Å²) < 4.78 is 27.6. The zero-order valence-corrected chi connectivity index (χ0v) is 17.6. The lowest BCUT2D eigenvalue weighted by Gasteiger charge is -2.48. The topological polar surface area (TPSA) is 172 Å². The number of anilines is 3. The highest BCUT2D eigenvalue weighted by Crippen LogP contribution is 2.48. The molecule has 4 rings (SSSR count). The van der Waals surface area contributed by atoms with Crippen LogP contribution in [-0.4, -0.2) is 53.0 Å². The van der Waals surface area contributed by atoms with Gasteiger partial charge >= 0.3 is 7.82 Å². The van der Waals surface area contributed by atoms with E-state index in [9.17, 15) is 19.4 Å². The number of phosphoric acid groups is 1. The molecule has 2 aliphatic rings. The summed E-state index contributed by atoms with van der Waals surface area (Å²) in [6, 6.07) is 6.07. The maximum Gasteiger partial charge on any atom is 0.527 e. The van der Waals surface area contributed by atoms with Crippen LogP contribution in [0.4, 0.5) is 17.5 Å². The zero-order valence-electron chi connectivity index (χ0n) is 16.7. The average Bonchev–Trinajstić information content (AvgIpc) is 3.11. The number of nitrogen functional groups attached to an aromatic ring is 1. The highest BCUT2D eigenvalue weighted by molar-refractivity contribution is 7.47. The molecule has 31 heavy (non-hydrogen) atoms. The van der Waals surface area contributed by atoms with Crippen molar-refractivity contribution >= 4 is 25.3 Å². The monoisotopic (exact) mass is 453 g/mol. The van der Waals surface area contributed by atoms with Crippen molar-refractivity contribution in [2.24, 2.45) is 11.8 Å². The van der Waals surface area contributed by atoms with Crippen molar-refractivity contribution in [1.82, 2.24) is 9.97 Å². The SMILES string of the molecule is COc1ccc(OP(=O)(O)OC[C@H]2C[C@@H](N3CNc4c3nc(N)[nH]c4=O)[C@@H]2CO)cc1. The van der Waals surface area contributed by atoms with Crippen LogP contribution < -0.4 is 30.8 Å². The van der Waals surface area contributed by atoms with Crippen molar-refractivity contribution < 1.29 is 28.3 Å². The number of methoxy groups -OCH3 is 1. The van der Waals surface area contributed by atoms with Crippen LogP contribution in [0.25, 0.3) is 0 Å². The van der Waals surface area contributed by atoms with Gasteiger partial charge in [-0.05, 0) is 36.6 Å². The van der Waals surface area contributed by atoms with Crippen molar-refractivity contribution in [3.05, 3.63) is 34.6 Å². The van der Waals surface area contributed by atoms with Crippen molar-refractivity contribution in [2.45, 2.75) is 12.5 Å². The third-order valence-electron chi connectivity index (χ3n) is 5.60. The van der Waals surface area contributed by atoms with Crippen LogP contribution in [0.1, 0.15) is 6.42 Å². The minimum absolute atomic E-state index is 0.00843. The predicted molar refractivity (Wildman–Crippen MR) is 112 cm³/mol. The third kappa shape index (κ3) is 4.33. The van der Waals surface area contributed by atoms with E-state index in [2.05, 4.69) is 15.3 Å². The highest BCUT2D eigenvalue weighted by Gasteiger charge is 2.47. The molecule has 13 heteroatoms. The number of nitrogens with zero attached hydrogens (tertiary/aromatic N) is 2. The molecule has 0 radical (unpaired) electrons. The molecule has 0 amide bonds. The molecule has 1 aromatic heterocycles. The number of nitrogens with one attached hydrogen (secondary N) is 2. The van der Waals surface area contributed by atoms with Gasteiger partial charge in [0.2, 0.25) is 5.95 Å². The lowest BCUT2D eigenvalue weighted by molar-refractivity contribution is 0.0217. The van der Waals surface area contributed by atoms with E-state index in [1.807, 2.05) is 4.90 Å². The molecule has 2 aromatic rings. The van der Waals surface area contributed by atoms with Gasteiger partial charge in [-0.1, -0.05) is 0 Å². The second-order valence-electron chi connectivity index (χ2n) is 7.40. The van der Waals surface area contributed by atoms with Crippen LogP contribution in [0, 0.1) is 11.8 Å². The fourth-order valence-electron chi connectivity index (χ4n) is 3.94. The number of aromatic nitrogens is 2. The number of ether oxygens (including phenoxy) is 1. The van der Waals surface area contributed by atoms with Crippen LogP contribution in [0.15, 0.2) is 29.1 Å². The first-order chi connectivity index (χ1) is 14.8. The summed E-state index contributed by atoms with van der Waals surface area (Å²) in [7, 11) is -2.83. The number of fused-ring (bicyclic) bond motifs is 1. The minimum Gasteiger partial charge on any atom is -0.497 e. The predicted octanol–water partition coefficient (Wildman–Crippen LogP) is 0.743. The molecule has 1 saturated carbocycles. The molecule has 2 heterocycles. The van der Waals surface area contributed by atoms with Gasteiger partial charge in [-0.2, -0.15) is 4.98 Å². The van der Waals surface area contributed by atoms with Gasteiger partial charge in [0.15, 0.2) is 5.82 Å². The molecule has 0 bridgehead atoms. The molecule has 12 nitrogen and oxygen atoms in total. The minimum atomic E-state index is -4.34. The Kier molecular flexibility index (Phi) is 5.80. The van der Waals surface area contributed by atoms with Gasteiger partial charge in [0.05, 0.1) is 20.4 Å². The van der Waals surface area contributed by atoms with E-state index < -0.39 is 7.82 Å². The van der Waals surface area contributed by atoms with Gasteiger partial charge in [0.25, 0.3) is 5.56 Å². The quantitative estimate of drug-likeness (QED) is 0.357. The summed E-state index contributed by atoms with van der Waals surface area (Å²) in [6.45, 7) is 0.131. The molecule has 1 fully saturated rings. The summed E-state index contributed by atoms with van der Waals surface area (Å²) in [4.78, 5) is 30.5. The number of H-pyrrole nitrogens is 1. The summed E-state index contributed by atoms with van der Waals surface area (Å²) in [5, 5.41) is 12.9. The molecule has 0 saturated heterocycles. The number of aliphatic hydroxyl groups is 1. The van der Waals surface area contributed by atoms with E-state index in [1.165, 1.54) is 19.2 Å². The van der Waals surface area contributed by atoms with Crippen molar-refractivity contribution in [1.29, 1.82) is 0 Å². The molecule has 4 atom stereocenters. The van der Waals surface area contributed by atoms with E-state index in [0.29, 0.717) is 30.3 Å². The molecule has 6 N–H and O–H groups in total. The molecule has 168 valence electrons. The number of benzene rings is 1. The van der Waals surface area contributed by atoms with Crippen molar-refractivity contribution in [3.8, 4) is 11.5 Å². The Morgan fingerprint density at radius 3 is 2.71 bits per heavy atom. The summed E-state index contributed by atoms with van der Waals surface area (Å²) in [5.41, 5.74) is 5.63. The van der Waals surface area contributed by atoms with Gasteiger partial charge < -0.3 is 30.3 Å². The van der Waals surface area contributed by atoms with Crippen LogP contribution in [0.2, 0.25) is 0 Å². The van der Waals surface area contributed by atoms with E-state index >= 15 is 0 Å². The van der Waals surface area contributed by atoms with Crippen molar-refractivity contribution in [2.75, 3.05) is 42.9 Å². The Bertz CT molecular complexity index is 1050. The standard InChI is InChI=1S/C18H24N5O7P/c1-28-11-2-4-12(5-3-11)30-31(26,27)29-8-10-6-14(13(10)7-24)23-9-20-15-16(23)21-18(19)22-17(15)25/h2-5,10,13-14,20,24H,6-9H2,1H3,(H,26,27)(H3,19,21,22,25)/t10-,13-,14-/m1/s1. The van der Waals surface area contributed by atoms with E-state index in [1.54, 1.807) is 12.1 Å². The Morgan fingerprint density at radius 2 is 2.03 bits per heavy atom. The normalized spacial score (nSPS) is 24.0. The number of hydrogen-bond acceptors (Lipinski definition) is 10. The number of rotatable bonds is 8. The first-order valence-corrected chi connectivity index (χ1v) is 11.1. The van der Waals surface area contributed by atoms with Gasteiger partial charge in [-0.15, -0.1) is 0 Å². The van der Waals surface area contributed by atoms with E-state index in [-0.39, 0.29) is 48.3 Å². The Morgan fingerprint density at radius 1 is 1.32 bits per heavy atom. The van der Waals surface area contributed by atoms with Crippen LogP contribution in [0.5, 0.6) is 11.5 Å². The van der Waals surface area contributed by atoms with Gasteiger partial charge in [-0.25, -0.2) is 4.57 Å². The number of hydrogen-bond donors (Lipinski definition) is 5. The molecule has 0 spiro atoms. The van der Waals surface area contributed by atoms with Gasteiger partial charge in [0.1, 0.15) is 17.2 Å². The molecule has 1 aliphatic heterocycles. The highest BCUT2D eigenvalue weighted by atomic mass is 31.2. The molecule has 1 aliphatic carbocycles. The van der Waals surface area contributed by atoms with Gasteiger partial charge in [0, 0.05) is 18.6 Å². The number of aromatic amines is 1. The number of aliphatic hydroxyl groups excluding tert-OH is 1. The van der Waals surface area contributed by atoms with E-state index in [0.717, 1.165) is 0 Å². The van der Waals surface area contributed by atoms with Crippen molar-refractivity contribution in [3.63, 3.8) is 0 Å². The summed E-state index contributed by atoms with van der Waals surface area (Å²) in [5.74, 6) is 0.789. The molecular formula is C18H24N5O7P. The van der Waals surface area contributed by atoms with Crippen LogP contribution in [-0.2, 0) is 9.09 Å². The first-order valence-electron chi connectivity index (χ1n) is 9.63. The average molecular weight is 453 g/mol. The number of nitrogens with two attached hydrogens (primary N) is 1. The fraction of sp³-hybridized carbons (Fsp3) is 0.444. The molecule has 1 aromatic carbocycles. The van der Waals surface area contributed by atoms with E-state index in [4.69, 9.17) is 19.5 Å². The van der Waals surface area contributed by atoms with Crippen LogP contribution in [0.3, 0.4) is 0 Å². The lowest BCUT2D eigenvalue weighted by atomic mass is 9.69. The lowest BCUT2D eigenvalue weighted by Crippen LogP contribution is -2.55. The van der Waals surface area contributed by atoms with Gasteiger partial charge in [-0.3, -0.25) is 19.2 Å². The maximum absolute atomic E-state index is 12.3. The first kappa shape index (κ1) is 21.4. The molecule has 1 unspecified atom stereocenters. The van der Waals surface area contributed by atoms with Crippen LogP contribution >= 0.6 is 7.82 Å². The fourth-order valence-corrected chi connectivity index (χ4v) is 4.76. The smallest absolute Gasteiger partial charge is 0.497 e.